The van der Waals surface area contributed by atoms with Crippen LogP contribution in [0.5, 0.6) is 0 Å². The largest absolute Gasteiger partial charge is 0.352 e. The van der Waals surface area contributed by atoms with Gasteiger partial charge in [-0.2, -0.15) is 4.98 Å². The molecule has 0 saturated heterocycles. The van der Waals surface area contributed by atoms with Gasteiger partial charge in [0.1, 0.15) is 5.82 Å². The molecule has 0 aliphatic carbocycles. The lowest BCUT2D eigenvalue weighted by atomic mass is 10.0. The van der Waals surface area contributed by atoms with Crippen LogP contribution in [-0.2, 0) is 13.0 Å². The number of anilines is 3. The van der Waals surface area contributed by atoms with Crippen LogP contribution in [0.25, 0.3) is 0 Å². The minimum Gasteiger partial charge on any atom is -0.352 e. The monoisotopic (exact) mass is 415 g/mol. The lowest BCUT2D eigenvalue weighted by molar-refractivity contribution is 0.709. The summed E-state index contributed by atoms with van der Waals surface area (Å²) in [5, 5.41) is 0. The Hall–Kier alpha value is -2.95. The minimum absolute atomic E-state index is 0.798. The molecule has 3 aromatic rings. The number of rotatable bonds is 5. The lowest BCUT2D eigenvalue weighted by Crippen LogP contribution is -2.27. The average Bonchev–Trinajstić information content (AvgIpc) is 2.94. The number of fused-ring (bicyclic) bond motifs is 1. The van der Waals surface area contributed by atoms with E-state index in [-0.39, 0.29) is 0 Å². The van der Waals surface area contributed by atoms with E-state index in [4.69, 9.17) is 9.97 Å². The van der Waals surface area contributed by atoms with Gasteiger partial charge in [0.15, 0.2) is 0 Å². The van der Waals surface area contributed by atoms with Crippen LogP contribution in [0.1, 0.15) is 53.3 Å². The zero-order valence-electron chi connectivity index (χ0n) is 19.4. The molecule has 0 bridgehead atoms. The second kappa shape index (κ2) is 9.04. The average molecular weight is 416 g/mol. The van der Waals surface area contributed by atoms with Gasteiger partial charge in [0, 0.05) is 49.0 Å². The van der Waals surface area contributed by atoms with E-state index < -0.39 is 0 Å². The van der Waals surface area contributed by atoms with Gasteiger partial charge >= 0.3 is 0 Å². The zero-order valence-corrected chi connectivity index (χ0v) is 19.4. The van der Waals surface area contributed by atoms with E-state index in [2.05, 4.69) is 67.6 Å². The van der Waals surface area contributed by atoms with Gasteiger partial charge in [0.05, 0.1) is 0 Å². The van der Waals surface area contributed by atoms with Gasteiger partial charge in [-0.3, -0.25) is 4.98 Å². The molecule has 31 heavy (non-hydrogen) atoms. The Labute approximate surface area is 186 Å². The molecular formula is C26H33N5. The van der Waals surface area contributed by atoms with E-state index in [1.807, 2.05) is 18.5 Å². The maximum atomic E-state index is 5.18. The smallest absolute Gasteiger partial charge is 0.232 e. The molecule has 0 radical (unpaired) electrons. The van der Waals surface area contributed by atoms with Crippen LogP contribution in [0.15, 0.2) is 36.7 Å². The molecule has 162 valence electrons. The van der Waals surface area contributed by atoms with Gasteiger partial charge in [-0.05, 0) is 76.6 Å². The second-order valence-corrected chi connectivity index (χ2v) is 8.64. The van der Waals surface area contributed by atoms with Crippen LogP contribution in [0.3, 0.4) is 0 Å². The molecule has 0 unspecified atom stereocenters. The maximum Gasteiger partial charge on any atom is 0.232 e. The summed E-state index contributed by atoms with van der Waals surface area (Å²) >= 11 is 0. The van der Waals surface area contributed by atoms with Gasteiger partial charge in [-0.15, -0.1) is 0 Å². The minimum atomic E-state index is 0.798. The quantitative estimate of drug-likeness (QED) is 0.542. The molecule has 0 amide bonds. The van der Waals surface area contributed by atoms with E-state index in [0.717, 1.165) is 43.5 Å². The summed E-state index contributed by atoms with van der Waals surface area (Å²) < 4.78 is 0. The van der Waals surface area contributed by atoms with Crippen LogP contribution in [0.4, 0.5) is 17.5 Å². The highest BCUT2D eigenvalue weighted by Crippen LogP contribution is 2.34. The molecule has 2 aromatic heterocycles. The number of pyridine rings is 1. The first-order valence-electron chi connectivity index (χ1n) is 11.3. The Kier molecular flexibility index (Phi) is 6.21. The normalized spacial score (nSPS) is 13.6. The summed E-state index contributed by atoms with van der Waals surface area (Å²) in [5.74, 6) is 1.89. The van der Waals surface area contributed by atoms with Crippen molar-refractivity contribution in [3.63, 3.8) is 0 Å². The summed E-state index contributed by atoms with van der Waals surface area (Å²) in [4.78, 5) is 19.2. The van der Waals surface area contributed by atoms with Crippen molar-refractivity contribution in [2.24, 2.45) is 0 Å². The highest BCUT2D eigenvalue weighted by molar-refractivity contribution is 5.68. The molecule has 0 fully saturated rings. The summed E-state index contributed by atoms with van der Waals surface area (Å²) in [6, 6.07) is 8.64. The van der Waals surface area contributed by atoms with Crippen molar-refractivity contribution >= 4 is 17.5 Å². The van der Waals surface area contributed by atoms with Gasteiger partial charge in [-0.25, -0.2) is 4.98 Å². The first kappa shape index (κ1) is 21.3. The third kappa shape index (κ3) is 4.41. The van der Waals surface area contributed by atoms with E-state index in [1.54, 1.807) is 0 Å². The number of aryl methyl sites for hydroxylation is 4. The molecule has 1 aliphatic heterocycles. The molecule has 0 N–H and O–H groups in total. The molecule has 1 aromatic carbocycles. The Morgan fingerprint density at radius 3 is 2.48 bits per heavy atom. The summed E-state index contributed by atoms with van der Waals surface area (Å²) in [6.45, 7) is 13.5. The standard InChI is InChI=1S/C26H33N5/c1-6-31(24-19(3)14-18(2)15-20(24)4)26-28-21(5)23-11-7-8-13-30(25(23)29-26)17-22-10-9-12-27-16-22/h9-10,12,14-16H,6-8,11,13,17H2,1-5H3. The lowest BCUT2D eigenvalue weighted by Gasteiger charge is -2.29. The first-order valence-corrected chi connectivity index (χ1v) is 11.3. The summed E-state index contributed by atoms with van der Waals surface area (Å²) in [7, 11) is 0. The predicted molar refractivity (Wildman–Crippen MR) is 128 cm³/mol. The van der Waals surface area contributed by atoms with Gasteiger partial charge < -0.3 is 9.80 Å². The van der Waals surface area contributed by atoms with E-state index in [9.17, 15) is 0 Å². The van der Waals surface area contributed by atoms with Gasteiger partial charge in [0.2, 0.25) is 5.95 Å². The molecule has 0 saturated carbocycles. The molecule has 3 heterocycles. The molecule has 1 aliphatic rings. The van der Waals surface area contributed by atoms with Crippen LogP contribution in [-0.4, -0.2) is 28.0 Å². The topological polar surface area (TPSA) is 45.2 Å². The van der Waals surface area contributed by atoms with Crippen molar-refractivity contribution < 1.29 is 0 Å². The molecule has 0 spiro atoms. The van der Waals surface area contributed by atoms with Crippen LogP contribution >= 0.6 is 0 Å². The summed E-state index contributed by atoms with van der Waals surface area (Å²) in [5.41, 5.74) is 8.64. The van der Waals surface area contributed by atoms with E-state index in [0.29, 0.717) is 0 Å². The number of hydrogen-bond donors (Lipinski definition) is 0. The predicted octanol–water partition coefficient (Wildman–Crippen LogP) is 5.61. The number of nitrogens with zero attached hydrogens (tertiary/aromatic N) is 5. The molecule has 5 nitrogen and oxygen atoms in total. The fraction of sp³-hybridized carbons (Fsp3) is 0.423. The molecular weight excluding hydrogens is 382 g/mol. The van der Waals surface area contributed by atoms with E-state index in [1.165, 1.54) is 46.3 Å². The highest BCUT2D eigenvalue weighted by Gasteiger charge is 2.24. The molecule has 4 rings (SSSR count). The van der Waals surface area contributed by atoms with Crippen LogP contribution in [0.2, 0.25) is 0 Å². The SMILES string of the molecule is CCN(c1nc(C)c2c(n1)N(Cc1cccnc1)CCCC2)c1c(C)cc(C)cc1C. The van der Waals surface area contributed by atoms with E-state index >= 15 is 0 Å². The molecule has 5 heteroatoms. The fourth-order valence-electron chi connectivity index (χ4n) is 4.82. The van der Waals surface area contributed by atoms with Crippen molar-refractivity contribution in [1.82, 2.24) is 15.0 Å². The van der Waals surface area contributed by atoms with Crippen molar-refractivity contribution in [2.75, 3.05) is 22.9 Å². The third-order valence-electron chi connectivity index (χ3n) is 6.14. The number of benzene rings is 1. The Morgan fingerprint density at radius 2 is 1.81 bits per heavy atom. The number of aromatic nitrogens is 3. The highest BCUT2D eigenvalue weighted by atomic mass is 15.3. The Morgan fingerprint density at radius 1 is 1.03 bits per heavy atom. The third-order valence-corrected chi connectivity index (χ3v) is 6.14. The second-order valence-electron chi connectivity index (χ2n) is 8.64. The Bertz CT molecular complexity index is 1040. The first-order chi connectivity index (χ1) is 15.0. The zero-order chi connectivity index (χ0) is 22.0. The maximum absolute atomic E-state index is 5.18. The number of hydrogen-bond acceptors (Lipinski definition) is 5. The van der Waals surface area contributed by atoms with Crippen LogP contribution in [0, 0.1) is 27.7 Å². The van der Waals surface area contributed by atoms with Crippen molar-refractivity contribution in [1.29, 1.82) is 0 Å². The van der Waals surface area contributed by atoms with Gasteiger partial charge in [0.25, 0.3) is 0 Å². The van der Waals surface area contributed by atoms with Crippen molar-refractivity contribution in [3.05, 3.63) is 70.2 Å². The van der Waals surface area contributed by atoms with Crippen molar-refractivity contribution in [3.8, 4) is 0 Å². The Balaban J connectivity index is 1.79. The fourth-order valence-corrected chi connectivity index (χ4v) is 4.82. The van der Waals surface area contributed by atoms with Crippen LogP contribution < -0.4 is 9.80 Å². The van der Waals surface area contributed by atoms with Crippen molar-refractivity contribution in [2.45, 2.75) is 60.4 Å². The summed E-state index contributed by atoms with van der Waals surface area (Å²) in [6.07, 6.45) is 7.17. The van der Waals surface area contributed by atoms with Gasteiger partial charge in [-0.1, -0.05) is 23.8 Å². The molecule has 0 atom stereocenters.